The highest BCUT2D eigenvalue weighted by atomic mass is 16.4. The fourth-order valence-corrected chi connectivity index (χ4v) is 2.66. The first-order chi connectivity index (χ1) is 9.47. The van der Waals surface area contributed by atoms with Crippen LogP contribution in [0.3, 0.4) is 0 Å². The summed E-state index contributed by atoms with van der Waals surface area (Å²) in [7, 11) is 0. The van der Waals surface area contributed by atoms with Gasteiger partial charge in [-0.2, -0.15) is 5.10 Å². The van der Waals surface area contributed by atoms with Crippen molar-refractivity contribution in [1.82, 2.24) is 14.6 Å². The van der Waals surface area contributed by atoms with Gasteiger partial charge in [-0.15, -0.1) is 0 Å². The quantitative estimate of drug-likeness (QED) is 0.911. The standard InChI is InChI=1S/C15H21N3O2/c1-5-11(6-2)13-8-14-16-9(3)12(7-15(19)20)10(4)18(14)17-13/h8,11H,5-7H2,1-4H3,(H,19,20). The molecule has 0 bridgehead atoms. The van der Waals surface area contributed by atoms with Crippen molar-refractivity contribution in [3.8, 4) is 0 Å². The van der Waals surface area contributed by atoms with Gasteiger partial charge in [0, 0.05) is 28.9 Å². The lowest BCUT2D eigenvalue weighted by Crippen LogP contribution is -2.10. The molecular formula is C15H21N3O2. The van der Waals surface area contributed by atoms with Crippen molar-refractivity contribution in [2.45, 2.75) is 52.9 Å². The zero-order valence-corrected chi connectivity index (χ0v) is 12.5. The maximum absolute atomic E-state index is 11.0. The second kappa shape index (κ2) is 5.61. The molecule has 0 radical (unpaired) electrons. The molecule has 20 heavy (non-hydrogen) atoms. The van der Waals surface area contributed by atoms with Crippen molar-refractivity contribution in [2.75, 3.05) is 0 Å². The number of aliphatic carboxylic acids is 1. The average molecular weight is 275 g/mol. The number of fused-ring (bicyclic) bond motifs is 1. The van der Waals surface area contributed by atoms with Crippen LogP contribution in [0.5, 0.6) is 0 Å². The highest BCUT2D eigenvalue weighted by Gasteiger charge is 2.17. The number of carboxylic acid groups (broad SMARTS) is 1. The van der Waals surface area contributed by atoms with Crippen LogP contribution in [0, 0.1) is 13.8 Å². The van der Waals surface area contributed by atoms with Gasteiger partial charge < -0.3 is 5.11 Å². The summed E-state index contributed by atoms with van der Waals surface area (Å²) in [5.41, 5.74) is 4.23. The van der Waals surface area contributed by atoms with Gasteiger partial charge in [0.1, 0.15) is 0 Å². The van der Waals surface area contributed by atoms with Gasteiger partial charge in [-0.25, -0.2) is 9.50 Å². The van der Waals surface area contributed by atoms with Crippen LogP contribution >= 0.6 is 0 Å². The van der Waals surface area contributed by atoms with E-state index < -0.39 is 5.97 Å². The van der Waals surface area contributed by atoms with E-state index in [9.17, 15) is 4.79 Å². The molecule has 2 rings (SSSR count). The summed E-state index contributed by atoms with van der Waals surface area (Å²) < 4.78 is 1.78. The first-order valence-corrected chi connectivity index (χ1v) is 7.05. The molecule has 0 aromatic carbocycles. The zero-order valence-electron chi connectivity index (χ0n) is 12.5. The van der Waals surface area contributed by atoms with Crippen LogP contribution in [-0.2, 0) is 11.2 Å². The number of nitrogens with zero attached hydrogens (tertiary/aromatic N) is 3. The van der Waals surface area contributed by atoms with Gasteiger partial charge in [0.25, 0.3) is 0 Å². The third kappa shape index (κ3) is 2.53. The normalized spacial score (nSPS) is 11.4. The van der Waals surface area contributed by atoms with Crippen LogP contribution in [0.15, 0.2) is 6.07 Å². The Morgan fingerprint density at radius 2 is 2.00 bits per heavy atom. The minimum absolute atomic E-state index is 0.0131. The molecule has 0 aliphatic rings. The lowest BCUT2D eigenvalue weighted by Gasteiger charge is -2.09. The van der Waals surface area contributed by atoms with Crippen LogP contribution < -0.4 is 0 Å². The van der Waals surface area contributed by atoms with Crippen LogP contribution in [0.25, 0.3) is 5.65 Å². The summed E-state index contributed by atoms with van der Waals surface area (Å²) in [6.07, 6.45) is 2.07. The van der Waals surface area contributed by atoms with Crippen molar-refractivity contribution in [3.63, 3.8) is 0 Å². The minimum atomic E-state index is -0.843. The molecule has 5 heteroatoms. The van der Waals surface area contributed by atoms with E-state index >= 15 is 0 Å². The molecule has 0 saturated carbocycles. The topological polar surface area (TPSA) is 67.5 Å². The number of carbonyl (C=O) groups is 1. The van der Waals surface area contributed by atoms with E-state index in [1.807, 2.05) is 19.9 Å². The average Bonchev–Trinajstić information content (AvgIpc) is 2.79. The molecule has 0 aliphatic carbocycles. The number of hydrogen-bond donors (Lipinski definition) is 1. The van der Waals surface area contributed by atoms with Crippen LogP contribution in [0.1, 0.15) is 55.3 Å². The molecule has 2 heterocycles. The Hall–Kier alpha value is -1.91. The number of aromatic nitrogens is 3. The molecule has 0 aliphatic heterocycles. The Morgan fingerprint density at radius 1 is 1.35 bits per heavy atom. The maximum Gasteiger partial charge on any atom is 0.307 e. The number of hydrogen-bond acceptors (Lipinski definition) is 3. The smallest absolute Gasteiger partial charge is 0.307 e. The molecule has 0 atom stereocenters. The van der Waals surface area contributed by atoms with Gasteiger partial charge in [0.15, 0.2) is 5.65 Å². The summed E-state index contributed by atoms with van der Waals surface area (Å²) >= 11 is 0. The van der Waals surface area contributed by atoms with E-state index in [4.69, 9.17) is 5.11 Å². The van der Waals surface area contributed by atoms with Gasteiger partial charge in [-0.3, -0.25) is 4.79 Å². The second-order valence-electron chi connectivity index (χ2n) is 5.18. The van der Waals surface area contributed by atoms with E-state index in [0.717, 1.165) is 41.1 Å². The van der Waals surface area contributed by atoms with E-state index in [2.05, 4.69) is 23.9 Å². The Bertz CT molecular complexity index is 642. The molecule has 2 aromatic rings. The van der Waals surface area contributed by atoms with E-state index in [0.29, 0.717) is 5.92 Å². The monoisotopic (exact) mass is 275 g/mol. The molecule has 0 saturated heterocycles. The van der Waals surface area contributed by atoms with E-state index in [-0.39, 0.29) is 6.42 Å². The summed E-state index contributed by atoms with van der Waals surface area (Å²) in [4.78, 5) is 15.5. The predicted molar refractivity (Wildman–Crippen MR) is 77.1 cm³/mol. The number of carboxylic acids is 1. The first-order valence-electron chi connectivity index (χ1n) is 7.05. The summed E-state index contributed by atoms with van der Waals surface area (Å²) in [6.45, 7) is 8.07. The van der Waals surface area contributed by atoms with Crippen molar-refractivity contribution >= 4 is 11.6 Å². The van der Waals surface area contributed by atoms with Crippen molar-refractivity contribution in [1.29, 1.82) is 0 Å². The Morgan fingerprint density at radius 3 is 2.55 bits per heavy atom. The SMILES string of the molecule is CCC(CC)c1cc2nc(C)c(CC(=O)O)c(C)n2n1. The highest BCUT2D eigenvalue weighted by molar-refractivity contribution is 5.71. The van der Waals surface area contributed by atoms with Crippen molar-refractivity contribution in [2.24, 2.45) is 0 Å². The van der Waals surface area contributed by atoms with Crippen LogP contribution in [0.4, 0.5) is 0 Å². The molecule has 5 nitrogen and oxygen atoms in total. The van der Waals surface area contributed by atoms with E-state index in [1.54, 1.807) is 4.52 Å². The lowest BCUT2D eigenvalue weighted by atomic mass is 10.00. The summed E-state index contributed by atoms with van der Waals surface area (Å²) in [5, 5.41) is 13.6. The molecule has 0 unspecified atom stereocenters. The van der Waals surface area contributed by atoms with Gasteiger partial charge in [0.2, 0.25) is 0 Å². The van der Waals surface area contributed by atoms with Crippen molar-refractivity contribution in [3.05, 3.63) is 28.7 Å². The molecule has 2 aromatic heterocycles. The van der Waals surface area contributed by atoms with Gasteiger partial charge in [-0.1, -0.05) is 13.8 Å². The third-order valence-corrected chi connectivity index (χ3v) is 3.91. The molecule has 108 valence electrons. The van der Waals surface area contributed by atoms with Gasteiger partial charge >= 0.3 is 5.97 Å². The summed E-state index contributed by atoms with van der Waals surface area (Å²) in [5.74, 6) is -0.413. The highest BCUT2D eigenvalue weighted by Crippen LogP contribution is 2.24. The molecule has 1 N–H and O–H groups in total. The Labute approximate surface area is 118 Å². The van der Waals surface area contributed by atoms with Gasteiger partial charge in [0.05, 0.1) is 12.1 Å². The fourth-order valence-electron chi connectivity index (χ4n) is 2.66. The largest absolute Gasteiger partial charge is 0.481 e. The number of rotatable bonds is 5. The van der Waals surface area contributed by atoms with Crippen molar-refractivity contribution < 1.29 is 9.90 Å². The number of aryl methyl sites for hydroxylation is 2. The molecule has 0 amide bonds. The van der Waals surface area contributed by atoms with Crippen LogP contribution in [-0.4, -0.2) is 25.7 Å². The first kappa shape index (κ1) is 14.5. The van der Waals surface area contributed by atoms with Crippen LogP contribution in [0.2, 0.25) is 0 Å². The Balaban J connectivity index is 2.57. The lowest BCUT2D eigenvalue weighted by molar-refractivity contribution is -0.136. The van der Waals surface area contributed by atoms with E-state index in [1.165, 1.54) is 0 Å². The maximum atomic E-state index is 11.0. The molecular weight excluding hydrogens is 254 g/mol. The third-order valence-electron chi connectivity index (χ3n) is 3.91. The predicted octanol–water partition coefficient (Wildman–Crippen LogP) is 2.88. The Kier molecular flexibility index (Phi) is 4.06. The molecule has 0 fully saturated rings. The molecule has 0 spiro atoms. The fraction of sp³-hybridized carbons (Fsp3) is 0.533. The zero-order chi connectivity index (χ0) is 14.9. The minimum Gasteiger partial charge on any atom is -0.481 e. The summed E-state index contributed by atoms with van der Waals surface area (Å²) in [6, 6.07) is 2.02. The second-order valence-corrected chi connectivity index (χ2v) is 5.18. The van der Waals surface area contributed by atoms with Gasteiger partial charge in [-0.05, 0) is 26.7 Å².